The molecule has 0 atom stereocenters. The molecule has 0 radical (unpaired) electrons. The van der Waals surface area contributed by atoms with E-state index in [1.165, 1.54) is 11.3 Å². The maximum Gasteiger partial charge on any atom is 0.249 e. The molecular weight excluding hydrogens is 278 g/mol. The van der Waals surface area contributed by atoms with Crippen LogP contribution in [-0.4, -0.2) is 45.4 Å². The van der Waals surface area contributed by atoms with Crippen molar-refractivity contribution in [2.24, 2.45) is 0 Å². The number of likely N-dealkylation sites (tertiary alicyclic amines) is 1. The first-order chi connectivity index (χ1) is 10.6. The van der Waals surface area contributed by atoms with Gasteiger partial charge in [0.1, 0.15) is 0 Å². The maximum absolute atomic E-state index is 12.5. The third kappa shape index (κ3) is 3.58. The van der Waals surface area contributed by atoms with Crippen LogP contribution in [-0.2, 0) is 11.3 Å². The van der Waals surface area contributed by atoms with E-state index in [2.05, 4.69) is 12.0 Å². The second kappa shape index (κ2) is 7.58. The van der Waals surface area contributed by atoms with Crippen LogP contribution < -0.4 is 0 Å². The van der Waals surface area contributed by atoms with Gasteiger partial charge in [0.2, 0.25) is 5.91 Å². The molecule has 1 fully saturated rings. The van der Waals surface area contributed by atoms with Crippen molar-refractivity contribution in [3.8, 4) is 0 Å². The SMILES string of the molecule is CCC(C)=C(C)C(=O)N1CCC(c2ccnn2CCO)CC1. The molecule has 0 spiro atoms. The van der Waals surface area contributed by atoms with Gasteiger partial charge in [0.05, 0.1) is 13.2 Å². The highest BCUT2D eigenvalue weighted by atomic mass is 16.3. The molecule has 1 saturated heterocycles. The third-order valence-corrected chi connectivity index (χ3v) is 4.75. The summed E-state index contributed by atoms with van der Waals surface area (Å²) in [7, 11) is 0. The van der Waals surface area contributed by atoms with Crippen LogP contribution in [0.3, 0.4) is 0 Å². The van der Waals surface area contributed by atoms with Gasteiger partial charge < -0.3 is 10.0 Å². The van der Waals surface area contributed by atoms with E-state index in [-0.39, 0.29) is 12.5 Å². The van der Waals surface area contributed by atoms with Crippen LogP contribution in [0.25, 0.3) is 0 Å². The monoisotopic (exact) mass is 305 g/mol. The Hall–Kier alpha value is -1.62. The number of allylic oxidation sites excluding steroid dienone is 1. The number of aromatic nitrogens is 2. The van der Waals surface area contributed by atoms with Gasteiger partial charge in [-0.25, -0.2) is 0 Å². The van der Waals surface area contributed by atoms with Crippen molar-refractivity contribution in [1.29, 1.82) is 0 Å². The summed E-state index contributed by atoms with van der Waals surface area (Å²) < 4.78 is 1.88. The third-order valence-electron chi connectivity index (χ3n) is 4.75. The molecule has 1 amide bonds. The van der Waals surface area contributed by atoms with Gasteiger partial charge in [-0.2, -0.15) is 5.10 Å². The summed E-state index contributed by atoms with van der Waals surface area (Å²) in [6, 6.07) is 2.03. The summed E-state index contributed by atoms with van der Waals surface area (Å²) in [4.78, 5) is 14.4. The van der Waals surface area contributed by atoms with Crippen molar-refractivity contribution < 1.29 is 9.90 Å². The normalized spacial score (nSPS) is 17.5. The second-order valence-corrected chi connectivity index (χ2v) is 6.03. The molecule has 2 rings (SSSR count). The van der Waals surface area contributed by atoms with E-state index in [1.807, 2.05) is 29.5 Å². The number of carbonyl (C=O) groups excluding carboxylic acids is 1. The lowest BCUT2D eigenvalue weighted by molar-refractivity contribution is -0.128. The van der Waals surface area contributed by atoms with Crippen LogP contribution >= 0.6 is 0 Å². The quantitative estimate of drug-likeness (QED) is 0.849. The molecule has 0 aromatic carbocycles. The van der Waals surface area contributed by atoms with Gasteiger partial charge in [0.25, 0.3) is 0 Å². The summed E-state index contributed by atoms with van der Waals surface area (Å²) in [6.07, 6.45) is 4.64. The van der Waals surface area contributed by atoms with E-state index in [0.717, 1.165) is 37.9 Å². The average Bonchev–Trinajstić information content (AvgIpc) is 3.01. The fraction of sp³-hybridized carbons (Fsp3) is 0.647. The lowest BCUT2D eigenvalue weighted by Crippen LogP contribution is -2.39. The molecule has 0 bridgehead atoms. The zero-order valence-electron chi connectivity index (χ0n) is 13.9. The molecule has 2 heterocycles. The molecule has 5 heteroatoms. The number of nitrogens with zero attached hydrogens (tertiary/aromatic N) is 3. The number of aliphatic hydroxyl groups is 1. The number of carbonyl (C=O) groups is 1. The Labute approximate surface area is 132 Å². The second-order valence-electron chi connectivity index (χ2n) is 6.03. The first kappa shape index (κ1) is 16.7. The maximum atomic E-state index is 12.5. The molecule has 1 N–H and O–H groups in total. The van der Waals surface area contributed by atoms with Crippen LogP contribution in [0.2, 0.25) is 0 Å². The van der Waals surface area contributed by atoms with Gasteiger partial charge in [-0.15, -0.1) is 0 Å². The largest absolute Gasteiger partial charge is 0.394 e. The molecule has 5 nitrogen and oxygen atoms in total. The standard InChI is InChI=1S/C17H27N3O2/c1-4-13(2)14(3)17(22)19-9-6-15(7-10-19)16-5-8-18-20(16)11-12-21/h5,8,15,21H,4,6-7,9-12H2,1-3H3. The van der Waals surface area contributed by atoms with Crippen LogP contribution in [0.15, 0.2) is 23.4 Å². The number of amides is 1. The van der Waals surface area contributed by atoms with Gasteiger partial charge >= 0.3 is 0 Å². The number of hydrogen-bond donors (Lipinski definition) is 1. The Bertz CT molecular complexity index is 540. The highest BCUT2D eigenvalue weighted by Crippen LogP contribution is 2.28. The van der Waals surface area contributed by atoms with E-state index in [9.17, 15) is 4.79 Å². The van der Waals surface area contributed by atoms with Gasteiger partial charge in [-0.05, 0) is 39.2 Å². The van der Waals surface area contributed by atoms with Crippen LogP contribution in [0.5, 0.6) is 0 Å². The molecule has 0 unspecified atom stereocenters. The smallest absolute Gasteiger partial charge is 0.249 e. The van der Waals surface area contributed by atoms with Crippen molar-refractivity contribution in [2.75, 3.05) is 19.7 Å². The topological polar surface area (TPSA) is 58.4 Å². The minimum absolute atomic E-state index is 0.103. The van der Waals surface area contributed by atoms with Crippen LogP contribution in [0.1, 0.15) is 51.6 Å². The van der Waals surface area contributed by atoms with E-state index in [0.29, 0.717) is 12.5 Å². The predicted molar refractivity (Wildman–Crippen MR) is 86.5 cm³/mol. The van der Waals surface area contributed by atoms with Crippen molar-refractivity contribution >= 4 is 5.91 Å². The van der Waals surface area contributed by atoms with Crippen molar-refractivity contribution in [3.63, 3.8) is 0 Å². The lowest BCUT2D eigenvalue weighted by Gasteiger charge is -2.32. The molecule has 22 heavy (non-hydrogen) atoms. The summed E-state index contributed by atoms with van der Waals surface area (Å²) in [6.45, 7) is 8.28. The summed E-state index contributed by atoms with van der Waals surface area (Å²) >= 11 is 0. The molecule has 1 aliphatic rings. The van der Waals surface area contributed by atoms with Gasteiger partial charge in [0.15, 0.2) is 0 Å². The number of aliphatic hydroxyl groups excluding tert-OH is 1. The Morgan fingerprint density at radius 1 is 1.36 bits per heavy atom. The fourth-order valence-corrected chi connectivity index (χ4v) is 3.03. The van der Waals surface area contributed by atoms with E-state index in [1.54, 1.807) is 6.20 Å². The highest BCUT2D eigenvalue weighted by molar-refractivity contribution is 5.93. The number of piperidine rings is 1. The van der Waals surface area contributed by atoms with Crippen LogP contribution in [0, 0.1) is 0 Å². The lowest BCUT2D eigenvalue weighted by atomic mass is 9.92. The molecule has 1 aromatic heterocycles. The summed E-state index contributed by atoms with van der Waals surface area (Å²) in [5.74, 6) is 0.608. The minimum atomic E-state index is 0.103. The van der Waals surface area contributed by atoms with E-state index in [4.69, 9.17) is 5.11 Å². The Balaban J connectivity index is 1.98. The molecule has 0 saturated carbocycles. The summed E-state index contributed by atoms with van der Waals surface area (Å²) in [5.41, 5.74) is 3.25. The fourth-order valence-electron chi connectivity index (χ4n) is 3.03. The van der Waals surface area contributed by atoms with Crippen LogP contribution in [0.4, 0.5) is 0 Å². The Morgan fingerprint density at radius 2 is 2.05 bits per heavy atom. The molecule has 0 aliphatic carbocycles. The van der Waals surface area contributed by atoms with Gasteiger partial charge in [0, 0.05) is 36.5 Å². The number of hydrogen-bond acceptors (Lipinski definition) is 3. The van der Waals surface area contributed by atoms with E-state index >= 15 is 0 Å². The Kier molecular flexibility index (Phi) is 5.77. The average molecular weight is 305 g/mol. The van der Waals surface area contributed by atoms with Gasteiger partial charge in [-0.3, -0.25) is 9.48 Å². The highest BCUT2D eigenvalue weighted by Gasteiger charge is 2.26. The minimum Gasteiger partial charge on any atom is -0.394 e. The predicted octanol–water partition coefficient (Wildman–Crippen LogP) is 2.33. The molecular formula is C17H27N3O2. The van der Waals surface area contributed by atoms with Crippen molar-refractivity contribution in [2.45, 2.75) is 52.5 Å². The zero-order valence-corrected chi connectivity index (χ0v) is 13.9. The van der Waals surface area contributed by atoms with Gasteiger partial charge in [-0.1, -0.05) is 12.5 Å². The molecule has 1 aliphatic heterocycles. The molecule has 122 valence electrons. The first-order valence-corrected chi connectivity index (χ1v) is 8.16. The van der Waals surface area contributed by atoms with E-state index < -0.39 is 0 Å². The zero-order chi connectivity index (χ0) is 16.1. The Morgan fingerprint density at radius 3 is 2.64 bits per heavy atom. The summed E-state index contributed by atoms with van der Waals surface area (Å²) in [5, 5.41) is 13.4. The molecule has 1 aromatic rings. The van der Waals surface area contributed by atoms with Crippen molar-refractivity contribution in [1.82, 2.24) is 14.7 Å². The first-order valence-electron chi connectivity index (χ1n) is 8.16. The number of rotatable bonds is 5. The van der Waals surface area contributed by atoms with Crippen molar-refractivity contribution in [3.05, 3.63) is 29.1 Å².